The highest BCUT2D eigenvalue weighted by molar-refractivity contribution is 5.89. The van der Waals surface area contributed by atoms with Crippen LogP contribution in [0.3, 0.4) is 0 Å². The third-order valence-corrected chi connectivity index (χ3v) is 2.52. The highest BCUT2D eigenvalue weighted by Crippen LogP contribution is 2.14. The molecular formula is C16H23NO5. The van der Waals surface area contributed by atoms with Crippen LogP contribution in [0.25, 0.3) is 0 Å². The number of amides is 1. The van der Waals surface area contributed by atoms with Crippen molar-refractivity contribution >= 4 is 12.1 Å². The third kappa shape index (κ3) is 6.47. The SMILES string of the molecule is COC(=O)c1cccc(OC[C@H](C)NC(=O)OC(C)(C)C)c1. The number of esters is 1. The Balaban J connectivity index is 2.49. The lowest BCUT2D eigenvalue weighted by molar-refractivity contribution is 0.0493. The van der Waals surface area contributed by atoms with Crippen LogP contribution < -0.4 is 10.1 Å². The summed E-state index contributed by atoms with van der Waals surface area (Å²) in [5.41, 5.74) is -0.132. The minimum atomic E-state index is -0.542. The van der Waals surface area contributed by atoms with Crippen molar-refractivity contribution in [2.24, 2.45) is 0 Å². The topological polar surface area (TPSA) is 73.9 Å². The Hall–Kier alpha value is -2.24. The first-order valence-electron chi connectivity index (χ1n) is 7.02. The van der Waals surface area contributed by atoms with Crippen LogP contribution in [0.4, 0.5) is 4.79 Å². The summed E-state index contributed by atoms with van der Waals surface area (Å²) in [4.78, 5) is 23.0. The maximum absolute atomic E-state index is 11.6. The van der Waals surface area contributed by atoms with Crippen LogP contribution >= 0.6 is 0 Å². The number of nitrogens with one attached hydrogen (secondary N) is 1. The summed E-state index contributed by atoms with van der Waals surface area (Å²) >= 11 is 0. The first-order valence-corrected chi connectivity index (χ1v) is 7.02. The van der Waals surface area contributed by atoms with Gasteiger partial charge in [-0.2, -0.15) is 0 Å². The van der Waals surface area contributed by atoms with E-state index in [0.717, 1.165) is 0 Å². The van der Waals surface area contributed by atoms with E-state index in [-0.39, 0.29) is 12.6 Å². The molecule has 0 aromatic heterocycles. The molecule has 1 N–H and O–H groups in total. The van der Waals surface area contributed by atoms with E-state index in [1.807, 2.05) is 0 Å². The van der Waals surface area contributed by atoms with E-state index < -0.39 is 17.7 Å². The summed E-state index contributed by atoms with van der Waals surface area (Å²) in [5.74, 6) is 0.103. The zero-order valence-electron chi connectivity index (χ0n) is 13.6. The van der Waals surface area contributed by atoms with Crippen LogP contribution in [-0.2, 0) is 9.47 Å². The third-order valence-electron chi connectivity index (χ3n) is 2.52. The molecule has 0 saturated carbocycles. The van der Waals surface area contributed by atoms with Gasteiger partial charge in [0.25, 0.3) is 0 Å². The molecule has 1 aromatic rings. The minimum absolute atomic E-state index is 0.239. The molecule has 22 heavy (non-hydrogen) atoms. The molecule has 1 rings (SSSR count). The molecule has 0 heterocycles. The van der Waals surface area contributed by atoms with E-state index in [4.69, 9.17) is 9.47 Å². The first-order chi connectivity index (χ1) is 10.2. The fourth-order valence-electron chi connectivity index (χ4n) is 1.60. The van der Waals surface area contributed by atoms with Crippen molar-refractivity contribution in [2.45, 2.75) is 39.3 Å². The molecule has 0 unspecified atom stereocenters. The molecule has 6 nitrogen and oxygen atoms in total. The van der Waals surface area contributed by atoms with Crippen molar-refractivity contribution < 1.29 is 23.8 Å². The molecule has 0 saturated heterocycles. The lowest BCUT2D eigenvalue weighted by Gasteiger charge is -2.22. The quantitative estimate of drug-likeness (QED) is 0.847. The maximum Gasteiger partial charge on any atom is 0.407 e. The Morgan fingerprint density at radius 3 is 2.55 bits per heavy atom. The van der Waals surface area contributed by atoms with Crippen LogP contribution in [0.2, 0.25) is 0 Å². The molecule has 1 amide bonds. The Morgan fingerprint density at radius 1 is 1.27 bits per heavy atom. The summed E-state index contributed by atoms with van der Waals surface area (Å²) < 4.78 is 15.4. The van der Waals surface area contributed by atoms with Crippen LogP contribution in [0, 0.1) is 0 Å². The molecule has 0 bridgehead atoms. The second-order valence-corrected chi connectivity index (χ2v) is 5.88. The Kier molecular flexibility index (Phi) is 6.22. The Morgan fingerprint density at radius 2 is 1.95 bits per heavy atom. The van der Waals surface area contributed by atoms with E-state index in [9.17, 15) is 9.59 Å². The first kappa shape index (κ1) is 17.8. The normalized spacial score (nSPS) is 12.2. The van der Waals surface area contributed by atoms with E-state index in [1.165, 1.54) is 7.11 Å². The fourth-order valence-corrected chi connectivity index (χ4v) is 1.60. The van der Waals surface area contributed by atoms with E-state index in [2.05, 4.69) is 10.1 Å². The molecule has 0 aliphatic rings. The number of ether oxygens (including phenoxy) is 3. The fraction of sp³-hybridized carbons (Fsp3) is 0.500. The second kappa shape index (κ2) is 7.68. The van der Waals surface area contributed by atoms with Gasteiger partial charge in [-0.1, -0.05) is 6.07 Å². The highest BCUT2D eigenvalue weighted by Gasteiger charge is 2.17. The van der Waals surface area contributed by atoms with Gasteiger partial charge in [-0.25, -0.2) is 9.59 Å². The van der Waals surface area contributed by atoms with Gasteiger partial charge >= 0.3 is 12.1 Å². The van der Waals surface area contributed by atoms with Gasteiger partial charge < -0.3 is 19.5 Å². The largest absolute Gasteiger partial charge is 0.491 e. The van der Waals surface area contributed by atoms with Gasteiger partial charge in [0.1, 0.15) is 18.0 Å². The molecular weight excluding hydrogens is 286 g/mol. The summed E-state index contributed by atoms with van der Waals surface area (Å²) in [6, 6.07) is 6.42. The average Bonchev–Trinajstić information content (AvgIpc) is 2.42. The highest BCUT2D eigenvalue weighted by atomic mass is 16.6. The van der Waals surface area contributed by atoms with Gasteiger partial charge in [-0.3, -0.25) is 0 Å². The predicted molar refractivity (Wildman–Crippen MR) is 82.1 cm³/mol. The number of benzene rings is 1. The zero-order chi connectivity index (χ0) is 16.8. The zero-order valence-corrected chi connectivity index (χ0v) is 13.6. The number of rotatable bonds is 5. The number of hydrogen-bond acceptors (Lipinski definition) is 5. The van der Waals surface area contributed by atoms with Crippen molar-refractivity contribution in [2.75, 3.05) is 13.7 Å². The molecule has 6 heteroatoms. The number of carbonyl (C=O) groups excluding carboxylic acids is 2. The number of hydrogen-bond donors (Lipinski definition) is 1. The molecule has 1 atom stereocenters. The van der Waals surface area contributed by atoms with Crippen LogP contribution in [-0.4, -0.2) is 37.4 Å². The molecule has 0 radical (unpaired) electrons. The maximum atomic E-state index is 11.6. The van der Waals surface area contributed by atoms with Gasteiger partial charge in [-0.15, -0.1) is 0 Å². The van der Waals surface area contributed by atoms with E-state index in [1.54, 1.807) is 52.0 Å². The molecule has 1 aromatic carbocycles. The van der Waals surface area contributed by atoms with E-state index >= 15 is 0 Å². The van der Waals surface area contributed by atoms with E-state index in [0.29, 0.717) is 11.3 Å². The molecule has 122 valence electrons. The van der Waals surface area contributed by atoms with Gasteiger partial charge in [0.2, 0.25) is 0 Å². The number of alkyl carbamates (subject to hydrolysis) is 1. The van der Waals surface area contributed by atoms with Crippen LogP contribution in [0.15, 0.2) is 24.3 Å². The van der Waals surface area contributed by atoms with Gasteiger partial charge in [0.15, 0.2) is 0 Å². The Bertz CT molecular complexity index is 522. The summed E-state index contributed by atoms with van der Waals surface area (Å²) in [6.45, 7) is 7.45. The van der Waals surface area contributed by atoms with Gasteiger partial charge in [0.05, 0.1) is 18.7 Å². The second-order valence-electron chi connectivity index (χ2n) is 5.88. The smallest absolute Gasteiger partial charge is 0.407 e. The van der Waals surface area contributed by atoms with Crippen LogP contribution in [0.5, 0.6) is 5.75 Å². The molecule has 0 fully saturated rings. The predicted octanol–water partition coefficient (Wildman–Crippen LogP) is 2.77. The van der Waals surface area contributed by atoms with Crippen molar-refractivity contribution in [1.82, 2.24) is 5.32 Å². The van der Waals surface area contributed by atoms with Gasteiger partial charge in [-0.05, 0) is 45.9 Å². The standard InChI is InChI=1S/C16H23NO5/c1-11(17-15(19)22-16(2,3)4)10-21-13-8-6-7-12(9-13)14(18)20-5/h6-9,11H,10H2,1-5H3,(H,17,19)/t11-/m0/s1. The Labute approximate surface area is 130 Å². The van der Waals surface area contributed by atoms with Crippen molar-refractivity contribution in [3.63, 3.8) is 0 Å². The van der Waals surface area contributed by atoms with Crippen molar-refractivity contribution in [3.8, 4) is 5.75 Å². The van der Waals surface area contributed by atoms with Gasteiger partial charge in [0, 0.05) is 0 Å². The monoisotopic (exact) mass is 309 g/mol. The minimum Gasteiger partial charge on any atom is -0.491 e. The van der Waals surface area contributed by atoms with Crippen molar-refractivity contribution in [3.05, 3.63) is 29.8 Å². The molecule has 0 spiro atoms. The lowest BCUT2D eigenvalue weighted by Crippen LogP contribution is -2.40. The van der Waals surface area contributed by atoms with Crippen molar-refractivity contribution in [1.29, 1.82) is 0 Å². The summed E-state index contributed by atoms with van der Waals surface area (Å²) in [7, 11) is 1.32. The number of methoxy groups -OCH3 is 1. The molecule has 0 aliphatic heterocycles. The summed E-state index contributed by atoms with van der Waals surface area (Å²) in [5, 5.41) is 2.68. The van der Waals surface area contributed by atoms with Crippen LogP contribution in [0.1, 0.15) is 38.1 Å². The average molecular weight is 309 g/mol. The summed E-state index contributed by atoms with van der Waals surface area (Å²) in [6.07, 6.45) is -0.494. The number of carbonyl (C=O) groups is 2. The lowest BCUT2D eigenvalue weighted by atomic mass is 10.2. The molecule has 0 aliphatic carbocycles.